The van der Waals surface area contributed by atoms with Crippen molar-refractivity contribution >= 4 is 12.4 Å². The van der Waals surface area contributed by atoms with Gasteiger partial charge in [0.05, 0.1) is 0 Å². The maximum absolute atomic E-state index is 12.5. The van der Waals surface area contributed by atoms with Gasteiger partial charge in [-0.1, -0.05) is 24.3 Å². The highest BCUT2D eigenvalue weighted by molar-refractivity contribution is 5.52. The Hall–Kier alpha value is -1.44. The van der Waals surface area contributed by atoms with Gasteiger partial charge >= 0.3 is 0 Å². The van der Waals surface area contributed by atoms with Gasteiger partial charge in [0.2, 0.25) is 0 Å². The van der Waals surface area contributed by atoms with Crippen LogP contribution in [-0.2, 0) is 4.79 Å². The molecule has 0 amide bonds. The number of aldehydes is 1. The SMILES string of the molecule is O=CCCC=Cc1ccc(F)cc1. The van der Waals surface area contributed by atoms with Crippen LogP contribution < -0.4 is 0 Å². The molecule has 2 heteroatoms. The van der Waals surface area contributed by atoms with Crippen molar-refractivity contribution in [2.45, 2.75) is 12.8 Å². The van der Waals surface area contributed by atoms with E-state index in [2.05, 4.69) is 0 Å². The summed E-state index contributed by atoms with van der Waals surface area (Å²) in [6.45, 7) is 0. The second-order valence-corrected chi connectivity index (χ2v) is 2.70. The molecule has 0 atom stereocenters. The van der Waals surface area contributed by atoms with Crippen molar-refractivity contribution in [3.63, 3.8) is 0 Å². The lowest BCUT2D eigenvalue weighted by atomic mass is 10.2. The fourth-order valence-electron chi connectivity index (χ4n) is 0.958. The first-order chi connectivity index (χ1) is 6.33. The average Bonchev–Trinajstić information content (AvgIpc) is 2.15. The van der Waals surface area contributed by atoms with Crippen LogP contribution in [0.4, 0.5) is 4.39 Å². The molecule has 1 nitrogen and oxygen atoms in total. The van der Waals surface area contributed by atoms with Crippen LogP contribution in [0.2, 0.25) is 0 Å². The number of halogens is 1. The molecule has 0 aromatic heterocycles. The zero-order chi connectivity index (χ0) is 9.52. The first-order valence-corrected chi connectivity index (χ1v) is 4.18. The summed E-state index contributed by atoms with van der Waals surface area (Å²) in [4.78, 5) is 9.98. The Bertz CT molecular complexity index is 287. The molecule has 1 aromatic rings. The third-order valence-electron chi connectivity index (χ3n) is 1.63. The summed E-state index contributed by atoms with van der Waals surface area (Å²) in [6, 6.07) is 6.23. The van der Waals surface area contributed by atoms with Gasteiger partial charge in [-0.2, -0.15) is 0 Å². The predicted molar refractivity (Wildman–Crippen MR) is 50.7 cm³/mol. The first-order valence-electron chi connectivity index (χ1n) is 4.18. The van der Waals surface area contributed by atoms with Crippen molar-refractivity contribution in [3.05, 3.63) is 41.7 Å². The number of carbonyl (C=O) groups is 1. The fourth-order valence-corrected chi connectivity index (χ4v) is 0.958. The summed E-state index contributed by atoms with van der Waals surface area (Å²) in [5, 5.41) is 0. The minimum atomic E-state index is -0.231. The second-order valence-electron chi connectivity index (χ2n) is 2.70. The number of allylic oxidation sites excluding steroid dienone is 1. The van der Waals surface area contributed by atoms with E-state index in [1.54, 1.807) is 12.1 Å². The highest BCUT2D eigenvalue weighted by Gasteiger charge is 1.87. The molecular weight excluding hydrogens is 167 g/mol. The number of hydrogen-bond donors (Lipinski definition) is 0. The molecule has 0 radical (unpaired) electrons. The quantitative estimate of drug-likeness (QED) is 0.511. The van der Waals surface area contributed by atoms with E-state index in [0.717, 1.165) is 18.3 Å². The third kappa shape index (κ3) is 3.65. The lowest BCUT2D eigenvalue weighted by molar-refractivity contribution is -0.107. The van der Waals surface area contributed by atoms with Crippen molar-refractivity contribution in [2.24, 2.45) is 0 Å². The van der Waals surface area contributed by atoms with Crippen LogP contribution in [0.25, 0.3) is 6.08 Å². The molecule has 0 bridgehead atoms. The summed E-state index contributed by atoms with van der Waals surface area (Å²) >= 11 is 0. The lowest BCUT2D eigenvalue weighted by Gasteiger charge is -1.91. The molecule has 0 fully saturated rings. The first kappa shape index (κ1) is 9.65. The van der Waals surface area contributed by atoms with Crippen LogP contribution in [0.1, 0.15) is 18.4 Å². The Kier molecular flexibility index (Phi) is 3.89. The van der Waals surface area contributed by atoms with Gasteiger partial charge in [-0.25, -0.2) is 4.39 Å². The predicted octanol–water partition coefficient (Wildman–Crippen LogP) is 2.82. The standard InChI is InChI=1S/C11H11FO/c12-11-7-5-10(6-8-11)4-2-1-3-9-13/h2,4-9H,1,3H2. The maximum atomic E-state index is 12.5. The van der Waals surface area contributed by atoms with Crippen molar-refractivity contribution in [3.8, 4) is 0 Å². The Morgan fingerprint density at radius 3 is 2.46 bits per heavy atom. The van der Waals surface area contributed by atoms with Gasteiger partial charge in [0, 0.05) is 6.42 Å². The minimum Gasteiger partial charge on any atom is -0.303 e. The van der Waals surface area contributed by atoms with Gasteiger partial charge in [0.25, 0.3) is 0 Å². The smallest absolute Gasteiger partial charge is 0.123 e. The molecule has 0 saturated heterocycles. The summed E-state index contributed by atoms with van der Waals surface area (Å²) in [5.41, 5.74) is 0.951. The topological polar surface area (TPSA) is 17.1 Å². The van der Waals surface area contributed by atoms with Gasteiger partial charge in [0.1, 0.15) is 12.1 Å². The van der Waals surface area contributed by atoms with Gasteiger partial charge in [0.15, 0.2) is 0 Å². The molecule has 0 aliphatic heterocycles. The van der Waals surface area contributed by atoms with Gasteiger partial charge in [-0.3, -0.25) is 0 Å². The van der Waals surface area contributed by atoms with Crippen molar-refractivity contribution in [1.82, 2.24) is 0 Å². The average molecular weight is 178 g/mol. The van der Waals surface area contributed by atoms with E-state index in [-0.39, 0.29) is 5.82 Å². The van der Waals surface area contributed by atoms with Crippen LogP contribution in [0.5, 0.6) is 0 Å². The van der Waals surface area contributed by atoms with E-state index < -0.39 is 0 Å². The molecule has 0 heterocycles. The number of unbranched alkanes of at least 4 members (excludes halogenated alkanes) is 1. The van der Waals surface area contributed by atoms with Crippen molar-refractivity contribution in [1.29, 1.82) is 0 Å². The van der Waals surface area contributed by atoms with Crippen LogP contribution in [0.15, 0.2) is 30.3 Å². The van der Waals surface area contributed by atoms with E-state index in [9.17, 15) is 9.18 Å². The number of hydrogen-bond acceptors (Lipinski definition) is 1. The number of benzene rings is 1. The third-order valence-corrected chi connectivity index (χ3v) is 1.63. The molecule has 0 N–H and O–H groups in total. The normalized spacial score (nSPS) is 10.5. The lowest BCUT2D eigenvalue weighted by Crippen LogP contribution is -1.75. The molecule has 68 valence electrons. The Morgan fingerprint density at radius 1 is 1.15 bits per heavy atom. The van der Waals surface area contributed by atoms with Gasteiger partial charge in [-0.05, 0) is 24.1 Å². The molecular formula is C11H11FO. The highest BCUT2D eigenvalue weighted by Crippen LogP contribution is 2.05. The van der Waals surface area contributed by atoms with Crippen LogP contribution in [-0.4, -0.2) is 6.29 Å². The maximum Gasteiger partial charge on any atom is 0.123 e. The molecule has 0 unspecified atom stereocenters. The Labute approximate surface area is 76.9 Å². The fraction of sp³-hybridized carbons (Fsp3) is 0.182. The van der Waals surface area contributed by atoms with Crippen LogP contribution in [0, 0.1) is 5.82 Å². The van der Waals surface area contributed by atoms with Crippen LogP contribution in [0.3, 0.4) is 0 Å². The van der Waals surface area contributed by atoms with E-state index in [1.165, 1.54) is 12.1 Å². The summed E-state index contributed by atoms with van der Waals surface area (Å²) < 4.78 is 12.5. The van der Waals surface area contributed by atoms with Gasteiger partial charge < -0.3 is 4.79 Å². The molecule has 13 heavy (non-hydrogen) atoms. The molecule has 0 aliphatic carbocycles. The zero-order valence-electron chi connectivity index (χ0n) is 7.24. The van der Waals surface area contributed by atoms with Crippen molar-refractivity contribution < 1.29 is 9.18 Å². The minimum absolute atomic E-state index is 0.231. The summed E-state index contributed by atoms with van der Waals surface area (Å²) in [5.74, 6) is -0.231. The highest BCUT2D eigenvalue weighted by atomic mass is 19.1. The monoisotopic (exact) mass is 178 g/mol. The molecule has 1 aromatic carbocycles. The summed E-state index contributed by atoms with van der Waals surface area (Å²) in [6.07, 6.45) is 5.94. The Morgan fingerprint density at radius 2 is 1.85 bits per heavy atom. The zero-order valence-corrected chi connectivity index (χ0v) is 7.24. The second kappa shape index (κ2) is 5.25. The van der Waals surface area contributed by atoms with Gasteiger partial charge in [-0.15, -0.1) is 0 Å². The summed E-state index contributed by atoms with van der Waals surface area (Å²) in [7, 11) is 0. The Balaban J connectivity index is 2.49. The molecule has 0 spiro atoms. The largest absolute Gasteiger partial charge is 0.303 e. The van der Waals surface area contributed by atoms with E-state index in [1.807, 2.05) is 12.2 Å². The van der Waals surface area contributed by atoms with E-state index in [4.69, 9.17) is 0 Å². The van der Waals surface area contributed by atoms with E-state index in [0.29, 0.717) is 6.42 Å². The number of rotatable bonds is 4. The van der Waals surface area contributed by atoms with E-state index >= 15 is 0 Å². The van der Waals surface area contributed by atoms with Crippen LogP contribution >= 0.6 is 0 Å². The van der Waals surface area contributed by atoms with Crippen molar-refractivity contribution in [2.75, 3.05) is 0 Å². The molecule has 1 rings (SSSR count). The number of carbonyl (C=O) groups excluding carboxylic acids is 1. The molecule has 0 aliphatic rings. The molecule has 0 saturated carbocycles.